The Morgan fingerprint density at radius 2 is 2.00 bits per heavy atom. The quantitative estimate of drug-likeness (QED) is 0.651. The summed E-state index contributed by atoms with van der Waals surface area (Å²) in [4.78, 5) is 25.3. The van der Waals surface area contributed by atoms with Crippen LogP contribution in [0.2, 0.25) is 5.02 Å². The molecule has 0 aromatic heterocycles. The van der Waals surface area contributed by atoms with Gasteiger partial charge in [0.15, 0.2) is 0 Å². The molecule has 26 heavy (non-hydrogen) atoms. The Labute approximate surface area is 155 Å². The molecule has 1 heterocycles. The third-order valence-electron chi connectivity index (χ3n) is 4.23. The van der Waals surface area contributed by atoms with Crippen LogP contribution in [0.15, 0.2) is 36.4 Å². The van der Waals surface area contributed by atoms with Crippen molar-refractivity contribution in [3.05, 3.63) is 62.7 Å². The van der Waals surface area contributed by atoms with E-state index in [2.05, 4.69) is 10.2 Å². The molecule has 7 nitrogen and oxygen atoms in total. The number of halogens is 1. The Kier molecular flexibility index (Phi) is 5.39. The molecule has 0 radical (unpaired) electrons. The molecule has 0 spiro atoms. The van der Waals surface area contributed by atoms with E-state index in [1.54, 1.807) is 37.3 Å². The van der Waals surface area contributed by atoms with Crippen molar-refractivity contribution < 1.29 is 14.5 Å². The standard InChI is InChI=1S/C18H18ClN3O4/c1-12-5-6-13(11-16(12)22(24)25)18(23)20-15-4-2-3-14(19)17(15)21-7-9-26-10-8-21/h2-6,11H,7-10H2,1H3,(H,20,23). The van der Waals surface area contributed by atoms with Crippen molar-refractivity contribution in [3.63, 3.8) is 0 Å². The second-order valence-electron chi connectivity index (χ2n) is 5.95. The average molecular weight is 376 g/mol. The highest BCUT2D eigenvalue weighted by Crippen LogP contribution is 2.35. The van der Waals surface area contributed by atoms with Gasteiger partial charge in [0.1, 0.15) is 0 Å². The van der Waals surface area contributed by atoms with Gasteiger partial charge < -0.3 is 15.0 Å². The van der Waals surface area contributed by atoms with Crippen molar-refractivity contribution in [3.8, 4) is 0 Å². The Morgan fingerprint density at radius 1 is 1.27 bits per heavy atom. The first-order chi connectivity index (χ1) is 12.5. The molecular formula is C18H18ClN3O4. The van der Waals surface area contributed by atoms with Gasteiger partial charge in [-0.1, -0.05) is 23.7 Å². The zero-order valence-electron chi connectivity index (χ0n) is 14.2. The Bertz CT molecular complexity index is 850. The van der Waals surface area contributed by atoms with E-state index in [4.69, 9.17) is 16.3 Å². The normalized spacial score (nSPS) is 14.2. The highest BCUT2D eigenvalue weighted by molar-refractivity contribution is 6.34. The number of carbonyl (C=O) groups is 1. The molecule has 2 aromatic rings. The van der Waals surface area contributed by atoms with Crippen molar-refractivity contribution in [2.75, 3.05) is 36.5 Å². The first-order valence-electron chi connectivity index (χ1n) is 8.15. The van der Waals surface area contributed by atoms with Crippen molar-refractivity contribution in [1.82, 2.24) is 0 Å². The molecule has 1 fully saturated rings. The lowest BCUT2D eigenvalue weighted by Gasteiger charge is -2.31. The minimum Gasteiger partial charge on any atom is -0.378 e. The molecule has 1 aliphatic heterocycles. The average Bonchev–Trinajstić information content (AvgIpc) is 2.62. The fourth-order valence-electron chi connectivity index (χ4n) is 2.87. The van der Waals surface area contributed by atoms with Crippen LogP contribution in [-0.2, 0) is 4.74 Å². The summed E-state index contributed by atoms with van der Waals surface area (Å²) >= 11 is 6.36. The number of amides is 1. The molecule has 0 saturated carbocycles. The van der Waals surface area contributed by atoms with Crippen LogP contribution in [0.25, 0.3) is 0 Å². The van der Waals surface area contributed by atoms with Gasteiger partial charge in [-0.05, 0) is 25.1 Å². The fraction of sp³-hybridized carbons (Fsp3) is 0.278. The summed E-state index contributed by atoms with van der Waals surface area (Å²) in [6.07, 6.45) is 0. The zero-order chi connectivity index (χ0) is 18.7. The number of nitro groups is 1. The van der Waals surface area contributed by atoms with Gasteiger partial charge in [-0.3, -0.25) is 14.9 Å². The highest BCUT2D eigenvalue weighted by atomic mass is 35.5. The van der Waals surface area contributed by atoms with E-state index in [-0.39, 0.29) is 11.3 Å². The zero-order valence-corrected chi connectivity index (χ0v) is 15.0. The lowest BCUT2D eigenvalue weighted by Crippen LogP contribution is -2.37. The van der Waals surface area contributed by atoms with Gasteiger partial charge in [-0.15, -0.1) is 0 Å². The number of nitrogens with one attached hydrogen (secondary N) is 1. The molecule has 1 N–H and O–H groups in total. The number of para-hydroxylation sites is 1. The van der Waals surface area contributed by atoms with Gasteiger partial charge >= 0.3 is 0 Å². The van der Waals surface area contributed by atoms with Crippen LogP contribution in [0, 0.1) is 17.0 Å². The minimum absolute atomic E-state index is 0.0860. The Morgan fingerprint density at radius 3 is 2.69 bits per heavy atom. The number of nitro benzene ring substituents is 1. The van der Waals surface area contributed by atoms with E-state index >= 15 is 0 Å². The maximum absolute atomic E-state index is 12.6. The van der Waals surface area contributed by atoms with Gasteiger partial charge in [0, 0.05) is 30.3 Å². The number of rotatable bonds is 4. The third kappa shape index (κ3) is 3.79. The number of carbonyl (C=O) groups excluding carboxylic acids is 1. The number of nitrogens with zero attached hydrogens (tertiary/aromatic N) is 2. The molecule has 0 atom stereocenters. The maximum Gasteiger partial charge on any atom is 0.273 e. The highest BCUT2D eigenvalue weighted by Gasteiger charge is 2.20. The monoisotopic (exact) mass is 375 g/mol. The van der Waals surface area contributed by atoms with Crippen molar-refractivity contribution in [2.24, 2.45) is 0 Å². The van der Waals surface area contributed by atoms with Crippen LogP contribution in [-0.4, -0.2) is 37.1 Å². The van der Waals surface area contributed by atoms with Crippen molar-refractivity contribution >= 4 is 34.6 Å². The van der Waals surface area contributed by atoms with Crippen LogP contribution in [0.5, 0.6) is 0 Å². The smallest absolute Gasteiger partial charge is 0.273 e. The van der Waals surface area contributed by atoms with Crippen LogP contribution in [0.3, 0.4) is 0 Å². The minimum atomic E-state index is -0.495. The van der Waals surface area contributed by atoms with Gasteiger partial charge in [-0.2, -0.15) is 0 Å². The van der Waals surface area contributed by atoms with E-state index in [1.807, 2.05) is 0 Å². The number of hydrogen-bond acceptors (Lipinski definition) is 5. The molecule has 3 rings (SSSR count). The first-order valence-corrected chi connectivity index (χ1v) is 8.53. The molecule has 0 bridgehead atoms. The third-order valence-corrected chi connectivity index (χ3v) is 4.54. The fourth-order valence-corrected chi connectivity index (χ4v) is 3.16. The molecule has 1 saturated heterocycles. The lowest BCUT2D eigenvalue weighted by molar-refractivity contribution is -0.385. The number of aryl methyl sites for hydroxylation is 1. The van der Waals surface area contributed by atoms with Gasteiger partial charge in [-0.25, -0.2) is 0 Å². The molecule has 136 valence electrons. The number of morpholine rings is 1. The van der Waals surface area contributed by atoms with Crippen molar-refractivity contribution in [2.45, 2.75) is 6.92 Å². The van der Waals surface area contributed by atoms with E-state index in [1.165, 1.54) is 6.07 Å². The van der Waals surface area contributed by atoms with Gasteiger partial charge in [0.2, 0.25) is 0 Å². The predicted octanol–water partition coefficient (Wildman–Crippen LogP) is 3.65. The number of benzene rings is 2. The summed E-state index contributed by atoms with van der Waals surface area (Å²) in [5, 5.41) is 14.4. The number of hydrogen-bond donors (Lipinski definition) is 1. The Balaban J connectivity index is 1.89. The predicted molar refractivity (Wildman–Crippen MR) is 100 cm³/mol. The molecular weight excluding hydrogens is 358 g/mol. The largest absolute Gasteiger partial charge is 0.378 e. The summed E-state index contributed by atoms with van der Waals surface area (Å²) < 4.78 is 5.36. The van der Waals surface area contributed by atoms with Crippen LogP contribution >= 0.6 is 11.6 Å². The van der Waals surface area contributed by atoms with Crippen LogP contribution in [0.1, 0.15) is 15.9 Å². The van der Waals surface area contributed by atoms with Gasteiger partial charge in [0.25, 0.3) is 11.6 Å². The second-order valence-corrected chi connectivity index (χ2v) is 6.36. The first kappa shape index (κ1) is 18.2. The van der Waals surface area contributed by atoms with Crippen molar-refractivity contribution in [1.29, 1.82) is 0 Å². The van der Waals surface area contributed by atoms with Crippen LogP contribution in [0.4, 0.5) is 17.1 Å². The van der Waals surface area contributed by atoms with Gasteiger partial charge in [0.05, 0.1) is 34.5 Å². The Hall–Kier alpha value is -2.64. The topological polar surface area (TPSA) is 84.7 Å². The SMILES string of the molecule is Cc1ccc(C(=O)Nc2cccc(Cl)c2N2CCOCC2)cc1[N+](=O)[O-]. The maximum atomic E-state index is 12.6. The number of anilines is 2. The van der Waals surface area contributed by atoms with E-state index < -0.39 is 10.8 Å². The summed E-state index contributed by atoms with van der Waals surface area (Å²) in [7, 11) is 0. The molecule has 8 heteroatoms. The number of ether oxygens (including phenoxy) is 1. The van der Waals surface area contributed by atoms with Crippen LogP contribution < -0.4 is 10.2 Å². The summed E-state index contributed by atoms with van der Waals surface area (Å²) in [6, 6.07) is 9.68. The summed E-state index contributed by atoms with van der Waals surface area (Å²) in [5.41, 5.74) is 1.93. The van der Waals surface area contributed by atoms with E-state index in [0.717, 1.165) is 5.69 Å². The second kappa shape index (κ2) is 7.72. The summed E-state index contributed by atoms with van der Waals surface area (Å²) in [6.45, 7) is 4.14. The van der Waals surface area contributed by atoms with E-state index in [9.17, 15) is 14.9 Å². The van der Waals surface area contributed by atoms with E-state index in [0.29, 0.717) is 42.6 Å². The molecule has 0 aliphatic carbocycles. The summed E-state index contributed by atoms with van der Waals surface area (Å²) in [5.74, 6) is -0.426. The molecule has 1 aliphatic rings. The lowest BCUT2D eigenvalue weighted by atomic mass is 10.1. The molecule has 0 unspecified atom stereocenters. The molecule has 1 amide bonds. The molecule has 2 aromatic carbocycles.